The van der Waals surface area contributed by atoms with Crippen LogP contribution in [-0.2, 0) is 0 Å². The molecule has 0 aliphatic carbocycles. The van der Waals surface area contributed by atoms with Crippen molar-refractivity contribution in [3.05, 3.63) is 87.6 Å². The number of nitrogens with zero attached hydrogens (tertiary/aromatic N) is 2. The van der Waals surface area contributed by atoms with Gasteiger partial charge in [-0.05, 0) is 67.6 Å². The van der Waals surface area contributed by atoms with Crippen molar-refractivity contribution in [2.75, 3.05) is 12.8 Å². The molecule has 0 bridgehead atoms. The van der Waals surface area contributed by atoms with Gasteiger partial charge in [-0.3, -0.25) is 9.36 Å². The van der Waals surface area contributed by atoms with Gasteiger partial charge in [0.25, 0.3) is 5.91 Å². The van der Waals surface area contributed by atoms with Crippen molar-refractivity contribution in [3.8, 4) is 28.2 Å². The average Bonchev–Trinajstić information content (AvgIpc) is 3.26. The van der Waals surface area contributed by atoms with Gasteiger partial charge in [0.15, 0.2) is 0 Å². The Morgan fingerprint density at radius 1 is 1.00 bits per heavy atom. The van der Waals surface area contributed by atoms with E-state index in [1.54, 1.807) is 40.7 Å². The minimum Gasteiger partial charge on any atom is -0.349 e. The van der Waals surface area contributed by atoms with Crippen LogP contribution in [0.1, 0.15) is 24.3 Å². The van der Waals surface area contributed by atoms with Crippen LogP contribution in [0.15, 0.2) is 71.8 Å². The summed E-state index contributed by atoms with van der Waals surface area (Å²) in [5, 5.41) is 4.13. The molecule has 186 valence electrons. The van der Waals surface area contributed by atoms with Crippen molar-refractivity contribution in [1.82, 2.24) is 14.9 Å². The third-order valence-electron chi connectivity index (χ3n) is 5.44. The lowest BCUT2D eigenvalue weighted by Crippen LogP contribution is -2.45. The second kappa shape index (κ2) is 10.9. The molecule has 1 heterocycles. The van der Waals surface area contributed by atoms with Crippen molar-refractivity contribution in [3.63, 3.8) is 0 Å². The van der Waals surface area contributed by atoms with Crippen LogP contribution in [-0.4, -0.2) is 33.8 Å². The summed E-state index contributed by atoms with van der Waals surface area (Å²) in [5.41, 5.74) is 8.82. The summed E-state index contributed by atoms with van der Waals surface area (Å²) in [7, 11) is 0. The van der Waals surface area contributed by atoms with E-state index in [9.17, 15) is 4.79 Å². The molecule has 1 aromatic heterocycles. The molecule has 0 fully saturated rings. The SMILES string of the molecule is CSc1cccc(-c2ccc(-n3cc(C(=O)NCC(C)(C)N)nc3-c3c(Cl)cccc3Cl)c(Cl)c2)c1. The van der Waals surface area contributed by atoms with Gasteiger partial charge in [0.2, 0.25) is 0 Å². The Morgan fingerprint density at radius 3 is 2.31 bits per heavy atom. The van der Waals surface area contributed by atoms with Crippen LogP contribution < -0.4 is 11.1 Å². The Labute approximate surface area is 230 Å². The van der Waals surface area contributed by atoms with Gasteiger partial charge in [-0.25, -0.2) is 4.98 Å². The highest BCUT2D eigenvalue weighted by atomic mass is 35.5. The Balaban J connectivity index is 1.82. The molecule has 9 heteroatoms. The number of imidazole rings is 1. The number of carbonyl (C=O) groups is 1. The molecule has 0 aliphatic rings. The van der Waals surface area contributed by atoms with Crippen LogP contribution in [0.25, 0.3) is 28.2 Å². The molecule has 0 aliphatic heterocycles. The van der Waals surface area contributed by atoms with Crippen LogP contribution in [0.4, 0.5) is 0 Å². The summed E-state index contributed by atoms with van der Waals surface area (Å²) >= 11 is 21.5. The Hall–Kier alpha value is -2.48. The summed E-state index contributed by atoms with van der Waals surface area (Å²) in [4.78, 5) is 18.7. The van der Waals surface area contributed by atoms with Gasteiger partial charge < -0.3 is 11.1 Å². The quantitative estimate of drug-likeness (QED) is 0.232. The van der Waals surface area contributed by atoms with Gasteiger partial charge in [-0.15, -0.1) is 11.8 Å². The highest BCUT2D eigenvalue weighted by Gasteiger charge is 2.23. The second-order valence-electron chi connectivity index (χ2n) is 8.99. The molecule has 4 aromatic rings. The molecule has 1 amide bonds. The first-order valence-electron chi connectivity index (χ1n) is 11.1. The third kappa shape index (κ3) is 5.90. The van der Waals surface area contributed by atoms with Crippen LogP contribution in [0, 0.1) is 0 Å². The van der Waals surface area contributed by atoms with Crippen LogP contribution in [0.2, 0.25) is 15.1 Å². The van der Waals surface area contributed by atoms with Crippen LogP contribution >= 0.6 is 46.6 Å². The predicted octanol–water partition coefficient (Wildman–Crippen LogP) is 7.36. The summed E-state index contributed by atoms with van der Waals surface area (Å²) < 4.78 is 1.74. The van der Waals surface area contributed by atoms with Gasteiger partial charge in [0.05, 0.1) is 26.3 Å². The number of nitrogens with two attached hydrogens (primary N) is 1. The van der Waals surface area contributed by atoms with Gasteiger partial charge in [0.1, 0.15) is 11.5 Å². The molecular formula is C27H25Cl3N4OS. The first kappa shape index (κ1) is 26.6. The average molecular weight is 560 g/mol. The van der Waals surface area contributed by atoms with E-state index in [4.69, 9.17) is 40.5 Å². The van der Waals surface area contributed by atoms with Crippen molar-refractivity contribution in [1.29, 1.82) is 0 Å². The Bertz CT molecular complexity index is 1410. The summed E-state index contributed by atoms with van der Waals surface area (Å²) in [6, 6.07) is 19.2. The highest BCUT2D eigenvalue weighted by molar-refractivity contribution is 7.98. The zero-order chi connectivity index (χ0) is 26.0. The van der Waals surface area contributed by atoms with Crippen LogP contribution in [0.3, 0.4) is 0 Å². The number of aromatic nitrogens is 2. The van der Waals surface area contributed by atoms with Gasteiger partial charge in [0, 0.05) is 23.2 Å². The molecule has 0 spiro atoms. The molecular weight excluding hydrogens is 535 g/mol. The highest BCUT2D eigenvalue weighted by Crippen LogP contribution is 2.37. The maximum atomic E-state index is 12.9. The fourth-order valence-electron chi connectivity index (χ4n) is 3.64. The monoisotopic (exact) mass is 558 g/mol. The zero-order valence-corrected chi connectivity index (χ0v) is 23.1. The lowest BCUT2D eigenvalue weighted by atomic mass is 10.1. The van der Waals surface area contributed by atoms with Gasteiger partial charge in [-0.2, -0.15) is 0 Å². The molecule has 0 saturated carbocycles. The normalized spacial score (nSPS) is 11.5. The van der Waals surface area contributed by atoms with E-state index in [0.717, 1.165) is 16.0 Å². The molecule has 5 nitrogen and oxygen atoms in total. The van der Waals surface area contributed by atoms with Crippen molar-refractivity contribution in [2.24, 2.45) is 5.73 Å². The van der Waals surface area contributed by atoms with Crippen molar-refractivity contribution >= 4 is 52.5 Å². The second-order valence-corrected chi connectivity index (χ2v) is 11.1. The molecule has 4 rings (SSSR count). The number of hydrogen-bond donors (Lipinski definition) is 2. The van der Waals surface area contributed by atoms with E-state index in [2.05, 4.69) is 22.4 Å². The first-order valence-corrected chi connectivity index (χ1v) is 13.5. The molecule has 36 heavy (non-hydrogen) atoms. The number of amides is 1. The molecule has 3 N–H and O–H groups in total. The number of nitrogens with one attached hydrogen (secondary N) is 1. The first-order chi connectivity index (χ1) is 17.1. The minimum atomic E-state index is -0.570. The lowest BCUT2D eigenvalue weighted by Gasteiger charge is -2.18. The van der Waals surface area contributed by atoms with Gasteiger partial charge in [-0.1, -0.05) is 59.1 Å². The molecule has 0 saturated heterocycles. The van der Waals surface area contributed by atoms with E-state index < -0.39 is 5.54 Å². The third-order valence-corrected chi connectivity index (χ3v) is 7.10. The summed E-state index contributed by atoms with van der Waals surface area (Å²) in [6.07, 6.45) is 3.67. The number of rotatable bonds is 7. The zero-order valence-electron chi connectivity index (χ0n) is 20.0. The number of benzene rings is 3. The maximum absolute atomic E-state index is 12.9. The fraction of sp³-hybridized carbons (Fsp3) is 0.185. The summed E-state index contributed by atoms with van der Waals surface area (Å²) in [6.45, 7) is 3.94. The Kier molecular flexibility index (Phi) is 8.03. The standard InChI is InChI=1S/C27H25Cl3N4OS/c1-27(2,31)15-32-26(35)22-14-34(25(33-22)24-19(28)8-5-9-20(24)29)23-11-10-17(13-21(23)30)16-6-4-7-18(12-16)36-3/h4-14H,15,31H2,1-3H3,(H,32,35). The van der Waals surface area contributed by atoms with E-state index in [-0.39, 0.29) is 18.1 Å². The predicted molar refractivity (Wildman–Crippen MR) is 152 cm³/mol. The fourth-order valence-corrected chi connectivity index (χ4v) is 4.94. The lowest BCUT2D eigenvalue weighted by molar-refractivity contribution is 0.0941. The van der Waals surface area contributed by atoms with E-state index in [1.807, 2.05) is 50.4 Å². The Morgan fingerprint density at radius 2 is 1.67 bits per heavy atom. The van der Waals surface area contributed by atoms with Crippen molar-refractivity contribution in [2.45, 2.75) is 24.3 Å². The molecule has 0 unspecified atom stereocenters. The maximum Gasteiger partial charge on any atom is 0.271 e. The number of hydrogen-bond acceptors (Lipinski definition) is 4. The molecule has 0 radical (unpaired) electrons. The topological polar surface area (TPSA) is 72.9 Å². The van der Waals surface area contributed by atoms with Gasteiger partial charge >= 0.3 is 0 Å². The smallest absolute Gasteiger partial charge is 0.271 e. The number of carbonyl (C=O) groups excluding carboxylic acids is 1. The van der Waals surface area contributed by atoms with E-state index in [1.165, 1.54) is 0 Å². The van der Waals surface area contributed by atoms with Crippen molar-refractivity contribution < 1.29 is 4.79 Å². The summed E-state index contributed by atoms with van der Waals surface area (Å²) in [5.74, 6) is 0.0418. The minimum absolute atomic E-state index is 0.193. The molecule has 3 aromatic carbocycles. The van der Waals surface area contributed by atoms with Crippen LogP contribution in [0.5, 0.6) is 0 Å². The number of halogens is 3. The largest absolute Gasteiger partial charge is 0.349 e. The van der Waals surface area contributed by atoms with E-state index in [0.29, 0.717) is 32.1 Å². The number of thioether (sulfide) groups is 1. The molecule has 0 atom stereocenters. The van der Waals surface area contributed by atoms with E-state index >= 15 is 0 Å².